The average Bonchev–Trinajstić information content (AvgIpc) is 2.77. The quantitative estimate of drug-likeness (QED) is 0.722. The second-order valence-electron chi connectivity index (χ2n) is 3.69. The number of nitrogens with zero attached hydrogens (tertiary/aromatic N) is 1. The van der Waals surface area contributed by atoms with E-state index in [1.165, 1.54) is 0 Å². The monoisotopic (exact) mass is 235 g/mol. The third-order valence-electron chi connectivity index (χ3n) is 2.55. The standard InChI is InChI=1S/C13H17NO3/c1-3-12-11-6-5-10(9-13(11)17-14-12)16-8-7-15-4-2/h5-6,9H,3-4,7-8H2,1-2H3. The van der Waals surface area contributed by atoms with Gasteiger partial charge in [-0.1, -0.05) is 12.1 Å². The van der Waals surface area contributed by atoms with Crippen LogP contribution >= 0.6 is 0 Å². The zero-order valence-corrected chi connectivity index (χ0v) is 10.2. The van der Waals surface area contributed by atoms with E-state index in [2.05, 4.69) is 12.1 Å². The summed E-state index contributed by atoms with van der Waals surface area (Å²) in [5.41, 5.74) is 1.76. The highest BCUT2D eigenvalue weighted by atomic mass is 16.5. The number of fused-ring (bicyclic) bond motifs is 1. The lowest BCUT2D eigenvalue weighted by atomic mass is 10.2. The van der Waals surface area contributed by atoms with Crippen LogP contribution in [0.2, 0.25) is 0 Å². The predicted molar refractivity (Wildman–Crippen MR) is 65.4 cm³/mol. The normalized spacial score (nSPS) is 10.9. The van der Waals surface area contributed by atoms with Crippen molar-refractivity contribution in [1.82, 2.24) is 5.16 Å². The van der Waals surface area contributed by atoms with Gasteiger partial charge in [0.15, 0.2) is 5.58 Å². The van der Waals surface area contributed by atoms with Crippen LogP contribution in [0.1, 0.15) is 19.5 Å². The smallest absolute Gasteiger partial charge is 0.170 e. The molecule has 92 valence electrons. The van der Waals surface area contributed by atoms with Gasteiger partial charge in [0.25, 0.3) is 0 Å². The molecule has 0 aliphatic carbocycles. The molecule has 1 aromatic heterocycles. The molecule has 0 atom stereocenters. The molecule has 0 unspecified atom stereocenters. The molecular formula is C13H17NO3. The number of benzene rings is 1. The van der Waals surface area contributed by atoms with Crippen LogP contribution in [0.4, 0.5) is 0 Å². The molecule has 0 radical (unpaired) electrons. The van der Waals surface area contributed by atoms with Crippen LogP contribution < -0.4 is 4.74 Å². The molecule has 0 spiro atoms. The van der Waals surface area contributed by atoms with Gasteiger partial charge in [-0.15, -0.1) is 0 Å². The van der Waals surface area contributed by atoms with Gasteiger partial charge >= 0.3 is 0 Å². The molecule has 0 amide bonds. The Morgan fingerprint density at radius 1 is 1.24 bits per heavy atom. The Morgan fingerprint density at radius 3 is 2.88 bits per heavy atom. The summed E-state index contributed by atoms with van der Waals surface area (Å²) in [6.45, 7) is 5.89. The molecule has 2 rings (SSSR count). The topological polar surface area (TPSA) is 44.5 Å². The van der Waals surface area contributed by atoms with E-state index >= 15 is 0 Å². The van der Waals surface area contributed by atoms with Crippen molar-refractivity contribution in [1.29, 1.82) is 0 Å². The first kappa shape index (κ1) is 11.9. The lowest BCUT2D eigenvalue weighted by Gasteiger charge is -2.05. The zero-order chi connectivity index (χ0) is 12.1. The van der Waals surface area contributed by atoms with Gasteiger partial charge in [0, 0.05) is 18.1 Å². The van der Waals surface area contributed by atoms with Gasteiger partial charge in [-0.2, -0.15) is 0 Å². The predicted octanol–water partition coefficient (Wildman–Crippen LogP) is 2.81. The van der Waals surface area contributed by atoms with Crippen molar-refractivity contribution < 1.29 is 14.0 Å². The van der Waals surface area contributed by atoms with Gasteiger partial charge in [0.05, 0.1) is 12.3 Å². The Bertz CT molecular complexity index is 478. The van der Waals surface area contributed by atoms with Gasteiger partial charge < -0.3 is 14.0 Å². The van der Waals surface area contributed by atoms with E-state index in [-0.39, 0.29) is 0 Å². The minimum Gasteiger partial charge on any atom is -0.491 e. The number of hydrogen-bond donors (Lipinski definition) is 0. The van der Waals surface area contributed by atoms with Gasteiger partial charge in [-0.3, -0.25) is 0 Å². The third-order valence-corrected chi connectivity index (χ3v) is 2.55. The molecule has 0 aliphatic rings. The third kappa shape index (κ3) is 2.77. The summed E-state index contributed by atoms with van der Waals surface area (Å²) >= 11 is 0. The summed E-state index contributed by atoms with van der Waals surface area (Å²) in [5, 5.41) is 5.07. The molecule has 2 aromatic rings. The number of rotatable bonds is 6. The Morgan fingerprint density at radius 2 is 2.12 bits per heavy atom. The largest absolute Gasteiger partial charge is 0.491 e. The van der Waals surface area contributed by atoms with Gasteiger partial charge in [0.2, 0.25) is 0 Å². The maximum atomic E-state index is 5.55. The first-order valence-corrected chi connectivity index (χ1v) is 5.94. The van der Waals surface area contributed by atoms with Crippen LogP contribution in [0.3, 0.4) is 0 Å². The SMILES string of the molecule is CCOCCOc1ccc2c(CC)noc2c1. The zero-order valence-electron chi connectivity index (χ0n) is 10.2. The fourth-order valence-electron chi connectivity index (χ4n) is 1.68. The molecule has 1 heterocycles. The minimum atomic E-state index is 0.550. The lowest BCUT2D eigenvalue weighted by Crippen LogP contribution is -2.06. The van der Waals surface area contributed by atoms with Gasteiger partial charge in [-0.25, -0.2) is 0 Å². The Hall–Kier alpha value is -1.55. The van der Waals surface area contributed by atoms with Crippen molar-refractivity contribution in [2.75, 3.05) is 19.8 Å². The molecule has 1 aromatic carbocycles. The maximum absolute atomic E-state index is 5.55. The Balaban J connectivity index is 2.05. The first-order valence-electron chi connectivity index (χ1n) is 5.94. The van der Waals surface area contributed by atoms with Crippen molar-refractivity contribution >= 4 is 11.0 Å². The molecular weight excluding hydrogens is 218 g/mol. The van der Waals surface area contributed by atoms with E-state index in [4.69, 9.17) is 14.0 Å². The van der Waals surface area contributed by atoms with Crippen molar-refractivity contribution in [3.05, 3.63) is 23.9 Å². The van der Waals surface area contributed by atoms with Crippen LogP contribution in [-0.2, 0) is 11.2 Å². The van der Waals surface area contributed by atoms with E-state index in [1.54, 1.807) is 0 Å². The highest BCUT2D eigenvalue weighted by Crippen LogP contribution is 2.23. The number of ether oxygens (including phenoxy) is 2. The molecule has 4 heteroatoms. The van der Waals surface area contributed by atoms with Crippen LogP contribution in [0, 0.1) is 0 Å². The van der Waals surface area contributed by atoms with Crippen molar-refractivity contribution in [2.24, 2.45) is 0 Å². The highest BCUT2D eigenvalue weighted by Gasteiger charge is 2.07. The maximum Gasteiger partial charge on any atom is 0.170 e. The summed E-state index contributed by atoms with van der Waals surface area (Å²) in [6.07, 6.45) is 0.873. The summed E-state index contributed by atoms with van der Waals surface area (Å²) in [6, 6.07) is 5.79. The van der Waals surface area contributed by atoms with E-state index in [1.807, 2.05) is 25.1 Å². The number of aryl methyl sites for hydroxylation is 1. The first-order chi connectivity index (χ1) is 8.35. The second kappa shape index (κ2) is 5.68. The Labute approximate surface area is 100 Å². The van der Waals surface area contributed by atoms with Crippen molar-refractivity contribution in [3.63, 3.8) is 0 Å². The molecule has 0 saturated carbocycles. The second-order valence-corrected chi connectivity index (χ2v) is 3.69. The number of hydrogen-bond acceptors (Lipinski definition) is 4. The van der Waals surface area contributed by atoms with Crippen molar-refractivity contribution in [2.45, 2.75) is 20.3 Å². The van der Waals surface area contributed by atoms with E-state index in [9.17, 15) is 0 Å². The van der Waals surface area contributed by atoms with Crippen molar-refractivity contribution in [3.8, 4) is 5.75 Å². The molecule has 0 fully saturated rings. The Kier molecular flexibility index (Phi) is 3.98. The molecule has 4 nitrogen and oxygen atoms in total. The summed E-state index contributed by atoms with van der Waals surface area (Å²) < 4.78 is 16.0. The van der Waals surface area contributed by atoms with E-state index in [0.717, 1.165) is 28.8 Å². The molecule has 0 aliphatic heterocycles. The molecule has 0 saturated heterocycles. The van der Waals surface area contributed by atoms with Crippen LogP contribution in [0.5, 0.6) is 5.75 Å². The fourth-order valence-corrected chi connectivity index (χ4v) is 1.68. The molecule has 0 N–H and O–H groups in total. The number of aromatic nitrogens is 1. The summed E-state index contributed by atoms with van der Waals surface area (Å²) in [7, 11) is 0. The van der Waals surface area contributed by atoms with Crippen LogP contribution in [0.25, 0.3) is 11.0 Å². The van der Waals surface area contributed by atoms with Gasteiger partial charge in [0.1, 0.15) is 12.4 Å². The molecule has 0 bridgehead atoms. The molecule has 17 heavy (non-hydrogen) atoms. The minimum absolute atomic E-state index is 0.550. The fraction of sp³-hybridized carbons (Fsp3) is 0.462. The van der Waals surface area contributed by atoms with Crippen LogP contribution in [0.15, 0.2) is 22.7 Å². The lowest BCUT2D eigenvalue weighted by molar-refractivity contribution is 0.110. The summed E-state index contributed by atoms with van der Waals surface area (Å²) in [5.74, 6) is 0.788. The average molecular weight is 235 g/mol. The summed E-state index contributed by atoms with van der Waals surface area (Å²) in [4.78, 5) is 0. The van der Waals surface area contributed by atoms with Gasteiger partial charge in [-0.05, 0) is 25.5 Å². The highest BCUT2D eigenvalue weighted by molar-refractivity contribution is 5.80. The van der Waals surface area contributed by atoms with E-state index in [0.29, 0.717) is 19.8 Å². The van der Waals surface area contributed by atoms with E-state index < -0.39 is 0 Å². The van der Waals surface area contributed by atoms with Crippen LogP contribution in [-0.4, -0.2) is 25.0 Å².